The van der Waals surface area contributed by atoms with E-state index in [1.54, 1.807) is 59.0 Å². The van der Waals surface area contributed by atoms with E-state index >= 15 is 0 Å². The van der Waals surface area contributed by atoms with Gasteiger partial charge in [-0.15, -0.1) is 12.4 Å². The molecule has 0 aliphatic rings. The summed E-state index contributed by atoms with van der Waals surface area (Å²) in [7, 11) is 4.20. The Balaban J connectivity index is -0.000000480. The van der Waals surface area contributed by atoms with Crippen molar-refractivity contribution in [2.45, 2.75) is 130 Å². The summed E-state index contributed by atoms with van der Waals surface area (Å²) in [5, 5.41) is 23.4. The topological polar surface area (TPSA) is 260 Å². The summed E-state index contributed by atoms with van der Waals surface area (Å²) in [5.41, 5.74) is 30.4. The van der Waals surface area contributed by atoms with Gasteiger partial charge in [0.15, 0.2) is 0 Å². The minimum absolute atomic E-state index is 0. The molecule has 0 aliphatic heterocycles. The third-order valence-corrected chi connectivity index (χ3v) is 13.7. The average molecular weight is 1400 g/mol. The van der Waals surface area contributed by atoms with E-state index in [1.165, 1.54) is 68.8 Å². The third-order valence-electron chi connectivity index (χ3n) is 12.5. The minimum atomic E-state index is -4.87. The fourth-order valence-corrected chi connectivity index (χ4v) is 7.99. The van der Waals surface area contributed by atoms with Crippen LogP contribution in [0.25, 0.3) is 0 Å². The van der Waals surface area contributed by atoms with E-state index < -0.39 is 30.1 Å². The number of carboxylic acid groups (broad SMARTS) is 1. The van der Waals surface area contributed by atoms with E-state index in [-0.39, 0.29) is 76.4 Å². The Bertz CT molecular complexity index is 3040. The molecular weight excluding hydrogens is 1320 g/mol. The maximum Gasteiger partial charge on any atom is 1.00 e. The first-order valence-electron chi connectivity index (χ1n) is 26.1. The van der Waals surface area contributed by atoms with Crippen LogP contribution in [0.3, 0.4) is 0 Å². The van der Waals surface area contributed by atoms with E-state index in [0.29, 0.717) is 29.9 Å². The molecule has 486 valence electrons. The van der Waals surface area contributed by atoms with Crippen LogP contribution in [0, 0.1) is 104 Å². The molecule has 26 heteroatoms. The number of halogens is 9. The smallest absolute Gasteiger partial charge is 0.870 e. The number of anilines is 6. The van der Waals surface area contributed by atoms with Crippen LogP contribution in [0.5, 0.6) is 0 Å². The number of rotatable bonds is 7. The summed E-state index contributed by atoms with van der Waals surface area (Å²) in [4.78, 5) is 55.0. The molecule has 88 heavy (non-hydrogen) atoms. The van der Waals surface area contributed by atoms with Gasteiger partial charge in [0.1, 0.15) is 0 Å². The molecule has 0 saturated carbocycles. The largest absolute Gasteiger partial charge is 1.00 e. The van der Waals surface area contributed by atoms with E-state index in [0.717, 1.165) is 49.4 Å². The fraction of sp³-hybridized carbons (Fsp3) is 0.339. The monoisotopic (exact) mass is 1400 g/mol. The number of nitrogens with two attached hydrogens (primary N) is 2. The van der Waals surface area contributed by atoms with Crippen molar-refractivity contribution in [2.24, 2.45) is 0 Å². The van der Waals surface area contributed by atoms with Crippen LogP contribution in [0.2, 0.25) is 0 Å². The van der Waals surface area contributed by atoms with E-state index in [4.69, 9.17) is 16.6 Å². The number of benzene rings is 6. The van der Waals surface area contributed by atoms with Crippen molar-refractivity contribution in [1.29, 1.82) is 0 Å². The molecule has 6 aromatic carbocycles. The van der Waals surface area contributed by atoms with Crippen LogP contribution < -0.4 is 72.9 Å². The zero-order valence-corrected chi connectivity index (χ0v) is 58.8. The van der Waals surface area contributed by atoms with E-state index in [9.17, 15) is 50.3 Å². The Kier molecular flexibility index (Phi) is 42.3. The molecule has 6 rings (SSSR count). The predicted molar refractivity (Wildman–Crippen MR) is 343 cm³/mol. The normalized spacial score (nSPS) is 9.90. The van der Waals surface area contributed by atoms with Crippen molar-refractivity contribution in [1.82, 2.24) is 10.6 Å². The number of hydrogen-bond acceptors (Lipinski definition) is 8. The van der Waals surface area contributed by atoms with Gasteiger partial charge >= 0.3 is 97.0 Å². The van der Waals surface area contributed by atoms with Gasteiger partial charge in [-0.3, -0.25) is 9.59 Å². The van der Waals surface area contributed by atoms with Gasteiger partial charge < -0.3 is 54.0 Å². The molecule has 0 spiro atoms. The van der Waals surface area contributed by atoms with Crippen LogP contribution in [0.15, 0.2) is 83.3 Å². The molecule has 0 fully saturated rings. The molecule has 0 bridgehead atoms. The summed E-state index contributed by atoms with van der Waals surface area (Å²) in [5.74, 6) is -4.87. The van der Waals surface area contributed by atoms with Crippen LogP contribution in [0.1, 0.15) is 108 Å². The Hall–Kier alpha value is -6.01. The summed E-state index contributed by atoms with van der Waals surface area (Å²) in [6, 6.07) is 22.8. The van der Waals surface area contributed by atoms with Gasteiger partial charge in [0.25, 0.3) is 0 Å². The van der Waals surface area contributed by atoms with Crippen molar-refractivity contribution in [3.8, 4) is 0 Å². The summed E-state index contributed by atoms with van der Waals surface area (Å²) >= 11 is 6.94. The first-order valence-corrected chi connectivity index (χ1v) is 28.2. The van der Waals surface area contributed by atoms with E-state index in [1.807, 2.05) is 90.2 Å². The van der Waals surface area contributed by atoms with Crippen LogP contribution in [0.4, 0.5) is 70.1 Å². The molecule has 0 aromatic heterocycles. The quantitative estimate of drug-likeness (QED) is 0.0418. The fourth-order valence-electron chi connectivity index (χ4n) is 7.76. The number of aryl methyl sites for hydroxylation is 12. The second kappa shape index (κ2) is 42.1. The zero-order chi connectivity index (χ0) is 66.0. The maximum absolute atomic E-state index is 12.0. The number of nitrogen functional groups attached to an aromatic ring is 2. The number of urea groups is 2. The van der Waals surface area contributed by atoms with Gasteiger partial charge in [-0.1, -0.05) is 22.0 Å². The van der Waals surface area contributed by atoms with E-state index in [2.05, 4.69) is 96.2 Å². The van der Waals surface area contributed by atoms with Gasteiger partial charge in [-0.2, -0.15) is 26.3 Å². The van der Waals surface area contributed by atoms with Gasteiger partial charge in [0.2, 0.25) is 0 Å². The Morgan fingerprint density at radius 1 is 0.455 bits per heavy atom. The number of carboxylic acids is 1. The number of aromatic carboxylic acids is 1. The Labute approximate surface area is 562 Å². The first kappa shape index (κ1) is 88.4. The number of hydrogen-bond donors (Lipinski definition) is 9. The molecule has 0 saturated heterocycles. The van der Waals surface area contributed by atoms with Crippen molar-refractivity contribution >= 4 is 102 Å². The molecule has 15 nitrogen and oxygen atoms in total. The number of carbonyl (C=O) groups is 5. The molecule has 0 radical (unpaired) electrons. The second-order valence-electron chi connectivity index (χ2n) is 19.8. The van der Waals surface area contributed by atoms with Crippen molar-refractivity contribution in [3.63, 3.8) is 0 Å². The number of amides is 6. The summed E-state index contributed by atoms with van der Waals surface area (Å²) < 4.78 is 72.8. The molecule has 0 atom stereocenters. The zero-order valence-electron chi connectivity index (χ0n) is 52.7. The minimum Gasteiger partial charge on any atom is -0.870 e. The molecule has 0 aliphatic carbocycles. The van der Waals surface area contributed by atoms with Gasteiger partial charge in [-0.05, 0) is 274 Å². The summed E-state index contributed by atoms with van der Waals surface area (Å²) in [6.45, 7) is 33.8. The molecule has 6 amide bonds. The van der Waals surface area contributed by atoms with Gasteiger partial charge in [-0.25, -0.2) is 14.4 Å². The second-order valence-corrected chi connectivity index (χ2v) is 20.6. The number of carbonyl (C=O) groups excluding carboxylic acids is 4. The predicted octanol–water partition coefficient (Wildman–Crippen LogP) is 13.6. The Morgan fingerprint density at radius 3 is 0.943 bits per heavy atom. The third kappa shape index (κ3) is 32.5. The first-order chi connectivity index (χ1) is 39.2. The molecule has 12 N–H and O–H groups in total. The number of alkyl halides is 6. The summed E-state index contributed by atoms with van der Waals surface area (Å²) in [6.07, 6.45) is -9.72. The molecular formula is C62H81BrCl2CuF6N8NaO7. The van der Waals surface area contributed by atoms with Gasteiger partial charge in [0, 0.05) is 51.7 Å². The average Bonchev–Trinajstić information content (AvgIpc) is 3.59. The van der Waals surface area contributed by atoms with Crippen molar-refractivity contribution < 1.29 is 106 Å². The maximum atomic E-state index is 12.0. The van der Waals surface area contributed by atoms with Crippen LogP contribution in [-0.4, -0.2) is 65.9 Å². The van der Waals surface area contributed by atoms with Crippen LogP contribution in [-0.2, 0) is 24.7 Å². The van der Waals surface area contributed by atoms with Crippen LogP contribution >= 0.6 is 38.4 Å². The molecule has 0 unspecified atom stereocenters. The van der Waals surface area contributed by atoms with Gasteiger partial charge in [0.05, 0.1) is 5.56 Å². The molecule has 6 aromatic rings. The number of nitrogens with one attached hydrogen (secondary N) is 6. The van der Waals surface area contributed by atoms with Crippen molar-refractivity contribution in [3.05, 3.63) is 172 Å². The SMILES string of the molecule is CCNC(=O)Nc1cc(C)c(C(=O)O)c(C)c1.CCNC(=O)Nc1cc(C)c(C)c(C)c1.Cc1cc(C)cc(N)c1.Cc1cc(N)cc(C)c1C.Cc1cc(NC(=O)C(F)(F)F)cc(C)c1Br.Cc1cc(NC(=O)C(F)(F)F)cc(C)c1C.Cl.[Cl][Cu].[Na+].[OH-]. The standard InChI is InChI=1S/C12H16N2O3.C12H18N2O.C11H12F3NO.C10H9BrF3NO.C9H13N.C8H11N.2ClH.Cu.Na.H2O/c1-4-13-12(17)14-9-5-7(2)10(11(15)16)8(3)6-9;1-5-13-12(15)14-11-6-8(2)10(4)9(3)7-11;1-6-4-9(5-7(2)8(6)3)15-10(16)11(12,13)14;1-5-3-7(4-6(2)8(5)11)15-9(16)10(12,13)14;1-6-4-9(10)5-7(2)8(6)3;1-6-3-7(2)5-8(9)4-6;;;;;/h5-6H,4H2,1-3H3,(H,15,16)(H2,13,14,17);6-7H,5H2,1-4H3,(H2,13,14,15);4-5H,1-3H3,(H,15,16);3-4H,1-2H3,(H,15,16);4-5H,10H2,1-3H3;3-5H,9H2,1-2H3;2*1H;;;1H2/q;;;;;;;;2*+1;/p-2. The Morgan fingerprint density at radius 2 is 0.693 bits per heavy atom. The van der Waals surface area contributed by atoms with Crippen molar-refractivity contribution in [2.75, 3.05) is 45.8 Å². The molecule has 0 heterocycles.